The van der Waals surface area contributed by atoms with Gasteiger partial charge in [-0.05, 0) is 17.7 Å². The van der Waals surface area contributed by atoms with Gasteiger partial charge in [-0.2, -0.15) is 0 Å². The summed E-state index contributed by atoms with van der Waals surface area (Å²) < 4.78 is 0. The summed E-state index contributed by atoms with van der Waals surface area (Å²) in [4.78, 5) is 3.23. The molecule has 20 heavy (non-hydrogen) atoms. The van der Waals surface area contributed by atoms with E-state index in [4.69, 9.17) is 11.8 Å². The van der Waals surface area contributed by atoms with Crippen molar-refractivity contribution in [2.45, 2.75) is 0 Å². The lowest BCUT2D eigenvalue weighted by atomic mass is 10.1. The average molecular weight is 261 g/mol. The summed E-state index contributed by atoms with van der Waals surface area (Å²) in [7, 11) is 0. The van der Waals surface area contributed by atoms with Crippen molar-refractivity contribution in [3.63, 3.8) is 0 Å². The van der Waals surface area contributed by atoms with Crippen LogP contribution in [0.4, 0.5) is 5.69 Å². The molecule has 2 aromatic carbocycles. The van der Waals surface area contributed by atoms with Crippen LogP contribution in [0, 0.1) is 17.9 Å². The Hall–Kier alpha value is -3.24. The lowest BCUT2D eigenvalue weighted by molar-refractivity contribution is 0.478. The maximum absolute atomic E-state index is 9.79. The zero-order valence-electron chi connectivity index (χ0n) is 10.5. The second-order valence-corrected chi connectivity index (χ2v) is 3.96. The third kappa shape index (κ3) is 2.77. The lowest BCUT2D eigenvalue weighted by Gasteiger charge is -2.13. The quantitative estimate of drug-likeness (QED) is 0.504. The van der Waals surface area contributed by atoms with Gasteiger partial charge < -0.3 is 10.4 Å². The first-order valence-corrected chi connectivity index (χ1v) is 5.88. The van der Waals surface area contributed by atoms with E-state index in [2.05, 4.69) is 10.2 Å². The van der Waals surface area contributed by atoms with Gasteiger partial charge in [0.05, 0.1) is 24.0 Å². The Morgan fingerprint density at radius 2 is 1.75 bits per heavy atom. The average Bonchev–Trinajstić information content (AvgIpc) is 2.50. The Morgan fingerprint density at radius 3 is 2.35 bits per heavy atom. The first-order chi connectivity index (χ1) is 9.76. The van der Waals surface area contributed by atoms with E-state index in [0.29, 0.717) is 16.9 Å². The van der Waals surface area contributed by atoms with Gasteiger partial charge in [0.25, 0.3) is 5.70 Å². The van der Waals surface area contributed by atoms with Crippen molar-refractivity contribution >= 4 is 11.4 Å². The van der Waals surface area contributed by atoms with Gasteiger partial charge in [-0.15, -0.1) is 0 Å². The number of anilines is 1. The normalized spacial score (nSPS) is 10.9. The first kappa shape index (κ1) is 13.2. The number of aromatic hydroxyl groups is 1. The molecule has 0 amide bonds. The van der Waals surface area contributed by atoms with Crippen molar-refractivity contribution in [3.8, 4) is 11.8 Å². The molecule has 0 aliphatic rings. The third-order valence-electron chi connectivity index (χ3n) is 2.68. The molecule has 0 atom stereocenters. The largest absolute Gasteiger partial charge is 0.506 e. The fourth-order valence-electron chi connectivity index (χ4n) is 1.72. The molecule has 2 N–H and O–H groups in total. The summed E-state index contributed by atoms with van der Waals surface area (Å²) in [5, 5.41) is 21.8. The van der Waals surface area contributed by atoms with Crippen LogP contribution in [0.1, 0.15) is 5.56 Å². The minimum absolute atomic E-state index is 0.0561. The van der Waals surface area contributed by atoms with E-state index >= 15 is 0 Å². The van der Waals surface area contributed by atoms with Crippen LogP contribution in [0.3, 0.4) is 0 Å². The van der Waals surface area contributed by atoms with Gasteiger partial charge in [-0.3, -0.25) is 0 Å². The van der Waals surface area contributed by atoms with E-state index in [1.54, 1.807) is 30.3 Å². The number of hydrogen-bond acceptors (Lipinski definition) is 3. The topological polar surface area (TPSA) is 60.4 Å². The van der Waals surface area contributed by atoms with Crippen LogP contribution in [0.2, 0.25) is 0 Å². The Kier molecular flexibility index (Phi) is 4.01. The highest BCUT2D eigenvalue weighted by Gasteiger charge is 2.11. The molecule has 0 aromatic heterocycles. The number of phenols is 1. The van der Waals surface area contributed by atoms with Gasteiger partial charge in [0.1, 0.15) is 5.75 Å². The van der Waals surface area contributed by atoms with Gasteiger partial charge >= 0.3 is 0 Å². The van der Waals surface area contributed by atoms with E-state index in [0.717, 1.165) is 0 Å². The van der Waals surface area contributed by atoms with Crippen LogP contribution in [-0.2, 0) is 0 Å². The van der Waals surface area contributed by atoms with Crippen molar-refractivity contribution in [1.82, 2.24) is 0 Å². The predicted molar refractivity (Wildman–Crippen MR) is 77.3 cm³/mol. The number of para-hydroxylation sites is 2. The highest BCUT2D eigenvalue weighted by atomic mass is 16.3. The Balaban J connectivity index is 2.51. The van der Waals surface area contributed by atoms with Crippen molar-refractivity contribution in [3.05, 3.63) is 77.3 Å². The predicted octanol–water partition coefficient (Wildman–Crippen LogP) is 3.62. The molecule has 0 saturated heterocycles. The maximum atomic E-state index is 9.79. The van der Waals surface area contributed by atoms with E-state index < -0.39 is 0 Å². The molecular formula is C16H11N3O. The number of phenolic OH excluding ortho intramolecular Hbond substituents is 1. The molecule has 2 aromatic rings. The molecule has 0 bridgehead atoms. The highest BCUT2D eigenvalue weighted by molar-refractivity contribution is 5.83. The van der Waals surface area contributed by atoms with E-state index in [-0.39, 0.29) is 11.4 Å². The lowest BCUT2D eigenvalue weighted by Crippen LogP contribution is -2.01. The standard InChI is InChI=1S/C16H11N3O/c1-18-14(11-17)16(12-7-3-2-4-8-12)19-13-9-5-6-10-15(13)20/h2-10,19-20H/b16-14+. The number of nitrogens with one attached hydrogen (secondary N) is 1. The minimum atomic E-state index is -0.0561. The summed E-state index contributed by atoms with van der Waals surface area (Å²) in [6, 6.07) is 17.6. The zero-order chi connectivity index (χ0) is 14.4. The van der Waals surface area contributed by atoms with Crippen LogP contribution >= 0.6 is 0 Å². The smallest absolute Gasteiger partial charge is 0.285 e. The molecule has 0 unspecified atom stereocenters. The number of rotatable bonds is 3. The van der Waals surface area contributed by atoms with Gasteiger partial charge in [0.15, 0.2) is 0 Å². The van der Waals surface area contributed by atoms with Crippen LogP contribution in [0.25, 0.3) is 10.5 Å². The summed E-state index contributed by atoms with van der Waals surface area (Å²) in [6.45, 7) is 7.10. The number of allylic oxidation sites excluding steroid dienone is 1. The van der Waals surface area contributed by atoms with E-state index in [9.17, 15) is 5.11 Å². The van der Waals surface area contributed by atoms with Crippen LogP contribution in [-0.4, -0.2) is 5.11 Å². The number of nitriles is 1. The van der Waals surface area contributed by atoms with Gasteiger partial charge in [-0.1, -0.05) is 42.5 Å². The van der Waals surface area contributed by atoms with Crippen molar-refractivity contribution in [1.29, 1.82) is 5.26 Å². The summed E-state index contributed by atoms with van der Waals surface area (Å²) in [6.07, 6.45) is 0. The molecule has 0 radical (unpaired) electrons. The first-order valence-electron chi connectivity index (χ1n) is 5.88. The molecule has 0 spiro atoms. The summed E-state index contributed by atoms with van der Waals surface area (Å²) >= 11 is 0. The van der Waals surface area contributed by atoms with E-state index in [1.165, 1.54) is 6.07 Å². The fraction of sp³-hybridized carbons (Fsp3) is 0. The van der Waals surface area contributed by atoms with Crippen molar-refractivity contribution in [2.75, 3.05) is 5.32 Å². The number of benzene rings is 2. The Morgan fingerprint density at radius 1 is 1.10 bits per heavy atom. The van der Waals surface area contributed by atoms with Crippen LogP contribution < -0.4 is 5.32 Å². The molecule has 4 heteroatoms. The molecule has 4 nitrogen and oxygen atoms in total. The molecule has 2 rings (SSSR count). The Bertz CT molecular complexity index is 705. The molecule has 0 heterocycles. The van der Waals surface area contributed by atoms with Crippen molar-refractivity contribution in [2.24, 2.45) is 0 Å². The van der Waals surface area contributed by atoms with E-state index in [1.807, 2.05) is 24.3 Å². The third-order valence-corrected chi connectivity index (χ3v) is 2.68. The monoisotopic (exact) mass is 261 g/mol. The second-order valence-electron chi connectivity index (χ2n) is 3.96. The maximum Gasteiger partial charge on any atom is 0.285 e. The SMILES string of the molecule is [C-]#[N+]/C(C#N)=C(/Nc1ccccc1O)c1ccccc1. The second kappa shape index (κ2) is 6.08. The molecule has 96 valence electrons. The fourth-order valence-corrected chi connectivity index (χ4v) is 1.72. The minimum Gasteiger partial charge on any atom is -0.506 e. The van der Waals surface area contributed by atoms with Gasteiger partial charge in [-0.25, -0.2) is 10.1 Å². The Labute approximate surface area is 117 Å². The molecule has 0 saturated carbocycles. The highest BCUT2D eigenvalue weighted by Crippen LogP contribution is 2.28. The van der Waals surface area contributed by atoms with Crippen LogP contribution in [0.5, 0.6) is 5.75 Å². The van der Waals surface area contributed by atoms with Crippen LogP contribution in [0.15, 0.2) is 60.3 Å². The number of nitrogens with zero attached hydrogens (tertiary/aromatic N) is 2. The van der Waals surface area contributed by atoms with Gasteiger partial charge in [0.2, 0.25) is 0 Å². The molecule has 0 fully saturated rings. The van der Waals surface area contributed by atoms with Gasteiger partial charge in [0, 0.05) is 0 Å². The number of hydrogen-bond donors (Lipinski definition) is 2. The zero-order valence-corrected chi connectivity index (χ0v) is 10.5. The summed E-state index contributed by atoms with van der Waals surface area (Å²) in [5.74, 6) is 0.0585. The molecular weight excluding hydrogens is 250 g/mol. The molecule has 0 aliphatic heterocycles. The molecule has 0 aliphatic carbocycles. The summed E-state index contributed by atoms with van der Waals surface area (Å²) in [5.41, 5.74) is 1.48. The van der Waals surface area contributed by atoms with Crippen molar-refractivity contribution < 1.29 is 5.11 Å².